The molecule has 152 valence electrons. The second kappa shape index (κ2) is 8.29. The van der Waals surface area contributed by atoms with Gasteiger partial charge in [0.25, 0.3) is 15.9 Å². The van der Waals surface area contributed by atoms with E-state index in [1.54, 1.807) is 0 Å². The lowest BCUT2D eigenvalue weighted by Gasteiger charge is -2.08. The molecule has 0 atom stereocenters. The molecular weight excluding hydrogens is 422 g/mol. The van der Waals surface area contributed by atoms with E-state index in [1.165, 1.54) is 29.1 Å². The lowest BCUT2D eigenvalue weighted by molar-refractivity contribution is 0.0949. The van der Waals surface area contributed by atoms with Gasteiger partial charge in [-0.1, -0.05) is 12.8 Å². The van der Waals surface area contributed by atoms with Crippen molar-refractivity contribution in [3.63, 3.8) is 0 Å². The monoisotopic (exact) mass is 443 g/mol. The Labute approximate surface area is 168 Å². The van der Waals surface area contributed by atoms with E-state index in [4.69, 9.17) is 5.14 Å². The summed E-state index contributed by atoms with van der Waals surface area (Å²) < 4.78 is 47.1. The van der Waals surface area contributed by atoms with E-state index in [1.807, 2.05) is 10.9 Å². The summed E-state index contributed by atoms with van der Waals surface area (Å²) in [5, 5.41) is 4.99. The molecule has 1 amide bonds. The Morgan fingerprint density at radius 1 is 0.929 bits per heavy atom. The molecule has 1 heterocycles. The Morgan fingerprint density at radius 3 is 2.18 bits per heavy atom. The van der Waals surface area contributed by atoms with Crippen LogP contribution < -0.4 is 15.4 Å². The zero-order valence-electron chi connectivity index (χ0n) is 15.0. The van der Waals surface area contributed by atoms with E-state index in [-0.39, 0.29) is 9.79 Å². The van der Waals surface area contributed by atoms with Crippen LogP contribution in [0.1, 0.15) is 45.8 Å². The number of hydrogen-bond donors (Lipinski definition) is 3. The minimum atomic E-state index is -4.05. The zero-order chi connectivity index (χ0) is 20.4. The van der Waals surface area contributed by atoms with Crippen molar-refractivity contribution in [2.24, 2.45) is 5.14 Å². The van der Waals surface area contributed by atoms with Gasteiger partial charge in [-0.05, 0) is 61.6 Å². The number of fused-ring (bicyclic) bond motifs is 1. The molecule has 1 aliphatic carbocycles. The Hall–Kier alpha value is -1.79. The fraction of sp³-hybridized carbons (Fsp3) is 0.353. The number of benzene rings is 1. The summed E-state index contributed by atoms with van der Waals surface area (Å²) in [6.07, 6.45) is 6.42. The Bertz CT molecular complexity index is 1050. The summed E-state index contributed by atoms with van der Waals surface area (Å²) >= 11 is 1.39. The van der Waals surface area contributed by atoms with Crippen LogP contribution in [0.5, 0.6) is 0 Å². The lowest BCUT2D eigenvalue weighted by Crippen LogP contribution is -2.41. The predicted octanol–water partition coefficient (Wildman–Crippen LogP) is 1.68. The van der Waals surface area contributed by atoms with Crippen molar-refractivity contribution >= 4 is 37.3 Å². The van der Waals surface area contributed by atoms with Crippen molar-refractivity contribution in [1.29, 1.82) is 0 Å². The zero-order valence-corrected chi connectivity index (χ0v) is 17.4. The van der Waals surface area contributed by atoms with Crippen LogP contribution in [0.4, 0.5) is 0 Å². The van der Waals surface area contributed by atoms with Crippen LogP contribution in [0.2, 0.25) is 0 Å². The van der Waals surface area contributed by atoms with Crippen molar-refractivity contribution in [2.45, 2.75) is 48.3 Å². The third-order valence-electron chi connectivity index (χ3n) is 4.48. The number of carbonyl (C=O) groups is 1. The Morgan fingerprint density at radius 2 is 1.54 bits per heavy atom. The van der Waals surface area contributed by atoms with Crippen molar-refractivity contribution in [2.75, 3.05) is 0 Å². The number of hydrazine groups is 1. The molecule has 2 aromatic rings. The van der Waals surface area contributed by atoms with Crippen LogP contribution in [-0.4, -0.2) is 22.7 Å². The molecule has 28 heavy (non-hydrogen) atoms. The van der Waals surface area contributed by atoms with E-state index in [0.29, 0.717) is 4.88 Å². The first-order valence-electron chi connectivity index (χ1n) is 8.73. The molecule has 0 bridgehead atoms. The highest BCUT2D eigenvalue weighted by molar-refractivity contribution is 7.89. The van der Waals surface area contributed by atoms with E-state index < -0.39 is 26.0 Å². The van der Waals surface area contributed by atoms with E-state index in [2.05, 4.69) is 5.43 Å². The first kappa shape index (κ1) is 20.9. The van der Waals surface area contributed by atoms with Gasteiger partial charge in [-0.3, -0.25) is 10.2 Å². The van der Waals surface area contributed by atoms with E-state index in [9.17, 15) is 21.6 Å². The minimum absolute atomic E-state index is 0.196. The number of rotatable bonds is 5. The number of nitrogens with one attached hydrogen (secondary N) is 2. The quantitative estimate of drug-likeness (QED) is 0.604. The van der Waals surface area contributed by atoms with Crippen molar-refractivity contribution in [3.05, 3.63) is 45.6 Å². The topological polar surface area (TPSA) is 135 Å². The van der Waals surface area contributed by atoms with Gasteiger partial charge in [0.05, 0.1) is 14.7 Å². The Balaban J connectivity index is 1.69. The summed E-state index contributed by atoms with van der Waals surface area (Å²) in [4.78, 5) is 15.7. The number of aryl methyl sites for hydroxylation is 2. The van der Waals surface area contributed by atoms with Gasteiger partial charge in [0.1, 0.15) is 0 Å². The van der Waals surface area contributed by atoms with Crippen LogP contribution in [0, 0.1) is 0 Å². The molecule has 0 fully saturated rings. The third-order valence-corrected chi connectivity index (χ3v) is 7.91. The molecule has 1 aliphatic rings. The molecule has 0 spiro atoms. The van der Waals surface area contributed by atoms with Crippen LogP contribution in [0.3, 0.4) is 0 Å². The first-order chi connectivity index (χ1) is 13.2. The number of sulfonamides is 2. The average molecular weight is 444 g/mol. The highest BCUT2D eigenvalue weighted by Crippen LogP contribution is 2.28. The van der Waals surface area contributed by atoms with Gasteiger partial charge in [0.15, 0.2) is 0 Å². The summed E-state index contributed by atoms with van der Waals surface area (Å²) in [5.74, 6) is -0.526. The molecule has 11 heteroatoms. The van der Waals surface area contributed by atoms with Gasteiger partial charge in [-0.15, -0.1) is 16.2 Å². The standard InChI is InChI=1S/C17H21N3O5S3/c18-27(22,23)13-7-9-14(10-8-13)28(24,25)20-19-17(21)16-11-12-5-3-1-2-4-6-15(12)26-16/h7-11,20H,1-6H2,(H,19,21)(H2,18,22,23). The van der Waals surface area contributed by atoms with E-state index >= 15 is 0 Å². The van der Waals surface area contributed by atoms with Crippen LogP contribution in [-0.2, 0) is 32.9 Å². The number of amides is 1. The van der Waals surface area contributed by atoms with Gasteiger partial charge in [-0.25, -0.2) is 22.0 Å². The fourth-order valence-electron chi connectivity index (χ4n) is 3.00. The minimum Gasteiger partial charge on any atom is -0.273 e. The molecule has 8 nitrogen and oxygen atoms in total. The van der Waals surface area contributed by atoms with Gasteiger partial charge < -0.3 is 0 Å². The highest BCUT2D eigenvalue weighted by Gasteiger charge is 2.20. The summed E-state index contributed by atoms with van der Waals surface area (Å²) in [6, 6.07) is 6.21. The third kappa shape index (κ3) is 4.97. The van der Waals surface area contributed by atoms with Crippen molar-refractivity contribution in [1.82, 2.24) is 10.3 Å². The van der Waals surface area contributed by atoms with Gasteiger partial charge in [0, 0.05) is 4.88 Å². The number of nitrogens with two attached hydrogens (primary N) is 1. The van der Waals surface area contributed by atoms with Gasteiger partial charge in [-0.2, -0.15) is 0 Å². The number of primary sulfonamides is 1. The average Bonchev–Trinajstić information content (AvgIpc) is 3.01. The van der Waals surface area contributed by atoms with Gasteiger partial charge in [0.2, 0.25) is 10.0 Å². The molecule has 1 aromatic heterocycles. The number of thiophene rings is 1. The number of hydrogen-bond acceptors (Lipinski definition) is 6. The highest BCUT2D eigenvalue weighted by atomic mass is 32.2. The van der Waals surface area contributed by atoms with Crippen LogP contribution >= 0.6 is 11.3 Å². The molecule has 0 radical (unpaired) electrons. The molecule has 0 aliphatic heterocycles. The smallest absolute Gasteiger partial charge is 0.273 e. The molecular formula is C17H21N3O5S3. The number of carbonyl (C=O) groups excluding carboxylic acids is 1. The van der Waals surface area contributed by atoms with Crippen LogP contribution in [0.15, 0.2) is 40.1 Å². The fourth-order valence-corrected chi connectivity index (χ4v) is 5.50. The molecule has 0 saturated carbocycles. The van der Waals surface area contributed by atoms with Crippen LogP contribution in [0.25, 0.3) is 0 Å². The molecule has 4 N–H and O–H groups in total. The molecule has 1 aromatic carbocycles. The largest absolute Gasteiger partial charge is 0.276 e. The maximum Gasteiger partial charge on any atom is 0.276 e. The second-order valence-corrected chi connectivity index (χ2v) is 10.9. The summed E-state index contributed by atoms with van der Waals surface area (Å²) in [7, 11) is -7.97. The maximum absolute atomic E-state index is 12.4. The normalized spacial score (nSPS) is 15.3. The lowest BCUT2D eigenvalue weighted by atomic mass is 10.00. The molecule has 0 unspecified atom stereocenters. The predicted molar refractivity (Wildman–Crippen MR) is 106 cm³/mol. The molecule has 0 saturated heterocycles. The van der Waals surface area contributed by atoms with Crippen molar-refractivity contribution < 1.29 is 21.6 Å². The van der Waals surface area contributed by atoms with Crippen molar-refractivity contribution in [3.8, 4) is 0 Å². The summed E-state index contributed by atoms with van der Waals surface area (Å²) in [6.45, 7) is 0. The van der Waals surface area contributed by atoms with E-state index in [0.717, 1.165) is 55.5 Å². The Kier molecular flexibility index (Phi) is 6.20. The SMILES string of the molecule is NS(=O)(=O)c1ccc(S(=O)(=O)NNC(=O)c2cc3c(s2)CCCCCC3)cc1. The maximum atomic E-state index is 12.4. The summed E-state index contributed by atoms with van der Waals surface area (Å²) in [5.41, 5.74) is 3.38. The molecule has 3 rings (SSSR count). The van der Waals surface area contributed by atoms with Gasteiger partial charge >= 0.3 is 0 Å². The second-order valence-electron chi connectivity index (χ2n) is 6.55. The first-order valence-corrected chi connectivity index (χ1v) is 12.6.